The summed E-state index contributed by atoms with van der Waals surface area (Å²) in [5.41, 5.74) is 2.01. The molecule has 0 radical (unpaired) electrons. The van der Waals surface area contributed by atoms with Crippen molar-refractivity contribution in [1.82, 2.24) is 35.1 Å². The van der Waals surface area contributed by atoms with Crippen LogP contribution in [0.1, 0.15) is 46.8 Å². The molecule has 0 saturated heterocycles. The van der Waals surface area contributed by atoms with Crippen molar-refractivity contribution in [3.8, 4) is 11.5 Å². The number of nitrogens with one attached hydrogen (secondary N) is 2. The lowest BCUT2D eigenvalue weighted by Crippen LogP contribution is -2.49. The minimum Gasteiger partial charge on any atom is -0.497 e. The number of nitrogens with zero attached hydrogens (tertiary/aromatic N) is 5. The van der Waals surface area contributed by atoms with Gasteiger partial charge in [-0.25, -0.2) is 9.07 Å². The number of halogens is 1. The van der Waals surface area contributed by atoms with E-state index < -0.39 is 23.7 Å². The zero-order valence-electron chi connectivity index (χ0n) is 25.9. The Kier molecular flexibility index (Phi) is 9.65. The Morgan fingerprint density at radius 2 is 1.96 bits per heavy atom. The van der Waals surface area contributed by atoms with E-state index in [0.717, 1.165) is 17.0 Å². The molecular weight excluding hydrogens is 581 g/mol. The lowest BCUT2D eigenvalue weighted by atomic mass is 10.0. The number of benzene rings is 2. The molecule has 13 heteroatoms. The molecule has 2 bridgehead atoms. The monoisotopic (exact) mass is 619 g/mol. The fourth-order valence-electron chi connectivity index (χ4n) is 5.36. The van der Waals surface area contributed by atoms with Crippen LogP contribution in [0.25, 0.3) is 10.9 Å². The van der Waals surface area contributed by atoms with Gasteiger partial charge in [0, 0.05) is 50.8 Å². The number of carbonyl (C=O) groups is 3. The standard InChI is InChI=1S/C32H38FN7O5/c1-20(2)15-26-31(42)34-10-12-39(32(43)28-16-21-5-7-24(44-4)18-27(21)38(28)3)11-9-23-19-40(37-36-23)13-14-45-29-8-6-22(33)17-25(29)30(41)35-26/h5-8,16-20,26H,9-15H2,1-4H3,(H,34,42)(H,35,41)/t26-/m1/s1. The Morgan fingerprint density at radius 3 is 2.73 bits per heavy atom. The predicted octanol–water partition coefficient (Wildman–Crippen LogP) is 2.96. The molecule has 0 fully saturated rings. The highest BCUT2D eigenvalue weighted by Crippen LogP contribution is 2.25. The lowest BCUT2D eigenvalue weighted by molar-refractivity contribution is -0.123. The van der Waals surface area contributed by atoms with E-state index in [1.165, 1.54) is 12.1 Å². The number of amides is 3. The third-order valence-electron chi connectivity index (χ3n) is 7.76. The number of rotatable bonds is 4. The van der Waals surface area contributed by atoms with E-state index in [4.69, 9.17) is 9.47 Å². The molecule has 3 amide bonds. The summed E-state index contributed by atoms with van der Waals surface area (Å²) in [5.74, 6) is -0.872. The predicted molar refractivity (Wildman–Crippen MR) is 165 cm³/mol. The number of carbonyl (C=O) groups excluding carboxylic acids is 3. The minimum absolute atomic E-state index is 0.0127. The Morgan fingerprint density at radius 1 is 1.13 bits per heavy atom. The van der Waals surface area contributed by atoms with Crippen molar-refractivity contribution in [2.75, 3.05) is 33.4 Å². The molecule has 0 spiro atoms. The third-order valence-corrected chi connectivity index (χ3v) is 7.76. The van der Waals surface area contributed by atoms with E-state index in [1.54, 1.807) is 22.9 Å². The zero-order valence-corrected chi connectivity index (χ0v) is 25.9. The van der Waals surface area contributed by atoms with Gasteiger partial charge in [-0.3, -0.25) is 14.4 Å². The molecule has 238 valence electrons. The van der Waals surface area contributed by atoms with Gasteiger partial charge in [-0.1, -0.05) is 19.1 Å². The summed E-state index contributed by atoms with van der Waals surface area (Å²) in [6, 6.07) is 10.3. The number of fused-ring (bicyclic) bond motifs is 4. The molecule has 1 atom stereocenters. The highest BCUT2D eigenvalue weighted by Gasteiger charge is 2.26. The summed E-state index contributed by atoms with van der Waals surface area (Å²) in [4.78, 5) is 42.3. The SMILES string of the molecule is COc1ccc2cc(C(=O)N3CCNC(=O)[C@@H](CC(C)C)NC(=O)c4cc(F)ccc4OCCn4cc(nn4)CC3)n(C)c2c1. The minimum atomic E-state index is -0.880. The number of aromatic nitrogens is 4. The fourth-order valence-corrected chi connectivity index (χ4v) is 5.36. The van der Waals surface area contributed by atoms with E-state index in [0.29, 0.717) is 43.1 Å². The Balaban J connectivity index is 1.42. The molecule has 2 aromatic carbocycles. The van der Waals surface area contributed by atoms with E-state index >= 15 is 0 Å². The quantitative estimate of drug-likeness (QED) is 0.359. The maximum atomic E-state index is 14.2. The first-order valence-electron chi connectivity index (χ1n) is 15.0. The van der Waals surface area contributed by atoms with Crippen LogP contribution in [0.2, 0.25) is 0 Å². The summed E-state index contributed by atoms with van der Waals surface area (Å²) in [6.45, 7) is 5.04. The van der Waals surface area contributed by atoms with E-state index in [9.17, 15) is 18.8 Å². The molecule has 45 heavy (non-hydrogen) atoms. The average Bonchev–Trinajstić information content (AvgIpc) is 3.61. The molecule has 0 aliphatic carbocycles. The molecule has 0 unspecified atom stereocenters. The van der Waals surface area contributed by atoms with Crippen LogP contribution < -0.4 is 20.1 Å². The molecule has 5 rings (SSSR count). The molecule has 2 N–H and O–H groups in total. The largest absolute Gasteiger partial charge is 0.497 e. The fraction of sp³-hybridized carbons (Fsp3) is 0.406. The summed E-state index contributed by atoms with van der Waals surface area (Å²) in [6.07, 6.45) is 2.57. The smallest absolute Gasteiger partial charge is 0.270 e. The first kappa shape index (κ1) is 31.5. The van der Waals surface area contributed by atoms with E-state index in [-0.39, 0.29) is 42.8 Å². The summed E-state index contributed by atoms with van der Waals surface area (Å²) < 4.78 is 28.8. The molecule has 4 aromatic rings. The molecule has 2 aromatic heterocycles. The molecule has 1 aliphatic heterocycles. The van der Waals surface area contributed by atoms with Gasteiger partial charge in [0.05, 0.1) is 30.4 Å². The van der Waals surface area contributed by atoms with Crippen molar-refractivity contribution in [2.24, 2.45) is 13.0 Å². The Hall–Kier alpha value is -4.94. The number of hydrogen-bond acceptors (Lipinski definition) is 7. The van der Waals surface area contributed by atoms with Crippen molar-refractivity contribution in [3.63, 3.8) is 0 Å². The van der Waals surface area contributed by atoms with Crippen LogP contribution in [0.4, 0.5) is 4.39 Å². The molecular formula is C32H38FN7O5. The topological polar surface area (TPSA) is 133 Å². The Bertz CT molecular complexity index is 1700. The van der Waals surface area contributed by atoms with E-state index in [1.807, 2.05) is 49.7 Å². The number of aryl methyl sites for hydroxylation is 1. The van der Waals surface area contributed by atoms with Gasteiger partial charge >= 0.3 is 0 Å². The average molecular weight is 620 g/mol. The highest BCUT2D eigenvalue weighted by atomic mass is 19.1. The van der Waals surface area contributed by atoms with Gasteiger partial charge < -0.3 is 29.6 Å². The van der Waals surface area contributed by atoms with Gasteiger partial charge in [0.1, 0.15) is 35.7 Å². The van der Waals surface area contributed by atoms with Gasteiger partial charge in [0.25, 0.3) is 11.8 Å². The normalized spacial score (nSPS) is 16.8. The third kappa shape index (κ3) is 7.41. The van der Waals surface area contributed by atoms with Crippen molar-refractivity contribution >= 4 is 28.6 Å². The number of ether oxygens (including phenoxy) is 2. The van der Waals surface area contributed by atoms with Crippen LogP contribution in [0.3, 0.4) is 0 Å². The van der Waals surface area contributed by atoms with Crippen molar-refractivity contribution in [3.05, 3.63) is 71.4 Å². The maximum Gasteiger partial charge on any atom is 0.270 e. The second kappa shape index (κ2) is 13.8. The summed E-state index contributed by atoms with van der Waals surface area (Å²) in [5, 5.41) is 15.0. The van der Waals surface area contributed by atoms with Gasteiger partial charge in [0.2, 0.25) is 5.91 Å². The van der Waals surface area contributed by atoms with Crippen LogP contribution in [-0.4, -0.2) is 81.6 Å². The van der Waals surface area contributed by atoms with Crippen LogP contribution in [0, 0.1) is 11.7 Å². The van der Waals surface area contributed by atoms with Crippen LogP contribution in [-0.2, 0) is 24.8 Å². The van der Waals surface area contributed by atoms with Crippen molar-refractivity contribution in [2.45, 2.75) is 39.3 Å². The van der Waals surface area contributed by atoms with Crippen molar-refractivity contribution < 1.29 is 28.2 Å². The summed E-state index contributed by atoms with van der Waals surface area (Å²) in [7, 11) is 3.42. The van der Waals surface area contributed by atoms with Crippen LogP contribution >= 0.6 is 0 Å². The molecule has 0 saturated carbocycles. The highest BCUT2D eigenvalue weighted by molar-refractivity contribution is 6.00. The zero-order chi connectivity index (χ0) is 32.1. The number of methoxy groups -OCH3 is 1. The van der Waals surface area contributed by atoms with Crippen LogP contribution in [0.15, 0.2) is 48.7 Å². The molecule has 1 aliphatic rings. The first-order chi connectivity index (χ1) is 21.6. The lowest BCUT2D eigenvalue weighted by Gasteiger charge is -2.25. The van der Waals surface area contributed by atoms with Gasteiger partial charge in [-0.2, -0.15) is 0 Å². The number of hydrogen-bond donors (Lipinski definition) is 2. The second-order valence-corrected chi connectivity index (χ2v) is 11.5. The second-order valence-electron chi connectivity index (χ2n) is 11.5. The maximum absolute atomic E-state index is 14.2. The van der Waals surface area contributed by atoms with Crippen LogP contribution in [0.5, 0.6) is 11.5 Å². The summed E-state index contributed by atoms with van der Waals surface area (Å²) >= 11 is 0. The Labute approximate surface area is 260 Å². The first-order valence-corrected chi connectivity index (χ1v) is 15.0. The van der Waals surface area contributed by atoms with Gasteiger partial charge in [0.15, 0.2) is 0 Å². The van der Waals surface area contributed by atoms with Gasteiger partial charge in [-0.05, 0) is 48.7 Å². The van der Waals surface area contributed by atoms with Crippen molar-refractivity contribution in [1.29, 1.82) is 0 Å². The van der Waals surface area contributed by atoms with E-state index in [2.05, 4.69) is 20.9 Å². The molecule has 12 nitrogen and oxygen atoms in total. The molecule has 3 heterocycles. The van der Waals surface area contributed by atoms with Gasteiger partial charge in [-0.15, -0.1) is 5.10 Å².